The highest BCUT2D eigenvalue weighted by molar-refractivity contribution is 6.17. The van der Waals surface area contributed by atoms with Gasteiger partial charge in [-0.3, -0.25) is 4.98 Å². The lowest BCUT2D eigenvalue weighted by Gasteiger charge is -2.34. The van der Waals surface area contributed by atoms with Crippen LogP contribution in [0.4, 0.5) is 5.69 Å². The predicted octanol–water partition coefficient (Wildman–Crippen LogP) is 4.60. The SMILES string of the molecule is CCC1CCCN(c2cc(CCl)nc3ccccc23)C1. The molecule has 1 fully saturated rings. The average Bonchev–Trinajstić information content (AvgIpc) is 2.53. The van der Waals surface area contributed by atoms with Crippen LogP contribution in [0.1, 0.15) is 31.9 Å². The van der Waals surface area contributed by atoms with Crippen LogP contribution in [0.3, 0.4) is 0 Å². The average molecular weight is 289 g/mol. The summed E-state index contributed by atoms with van der Waals surface area (Å²) in [5.41, 5.74) is 3.34. The Morgan fingerprint density at radius 2 is 2.20 bits per heavy atom. The molecule has 0 amide bonds. The van der Waals surface area contributed by atoms with E-state index in [1.165, 1.54) is 30.3 Å². The molecule has 0 radical (unpaired) electrons. The first-order chi connectivity index (χ1) is 9.81. The van der Waals surface area contributed by atoms with Crippen LogP contribution in [0.5, 0.6) is 0 Å². The zero-order valence-corrected chi connectivity index (χ0v) is 12.7. The maximum Gasteiger partial charge on any atom is 0.0726 e. The van der Waals surface area contributed by atoms with E-state index in [1.54, 1.807) is 0 Å². The number of halogens is 1. The van der Waals surface area contributed by atoms with Crippen molar-refractivity contribution in [3.8, 4) is 0 Å². The highest BCUT2D eigenvalue weighted by atomic mass is 35.5. The predicted molar refractivity (Wildman–Crippen MR) is 86.5 cm³/mol. The van der Waals surface area contributed by atoms with Gasteiger partial charge < -0.3 is 4.90 Å². The highest BCUT2D eigenvalue weighted by Gasteiger charge is 2.20. The number of hydrogen-bond donors (Lipinski definition) is 0. The second kappa shape index (κ2) is 6.01. The molecule has 1 aliphatic heterocycles. The Hall–Kier alpha value is -1.28. The Bertz CT molecular complexity index is 597. The standard InChI is InChI=1S/C17H21ClN2/c1-2-13-6-5-9-20(12-13)17-10-14(11-18)19-16-8-4-3-7-15(16)17/h3-4,7-8,10,13H,2,5-6,9,11-12H2,1H3. The van der Waals surface area contributed by atoms with Crippen LogP contribution in [-0.4, -0.2) is 18.1 Å². The lowest BCUT2D eigenvalue weighted by Crippen LogP contribution is -2.35. The van der Waals surface area contributed by atoms with Crippen molar-refractivity contribution in [3.63, 3.8) is 0 Å². The largest absolute Gasteiger partial charge is 0.371 e. The van der Waals surface area contributed by atoms with Crippen molar-refractivity contribution in [1.29, 1.82) is 0 Å². The first kappa shape index (κ1) is 13.7. The molecule has 1 aliphatic rings. The summed E-state index contributed by atoms with van der Waals surface area (Å²) in [5.74, 6) is 1.29. The topological polar surface area (TPSA) is 16.1 Å². The lowest BCUT2D eigenvalue weighted by molar-refractivity contribution is 0.405. The molecule has 1 aromatic heterocycles. The number of anilines is 1. The van der Waals surface area contributed by atoms with E-state index < -0.39 is 0 Å². The number of aromatic nitrogens is 1. The van der Waals surface area contributed by atoms with E-state index in [2.05, 4.69) is 41.1 Å². The highest BCUT2D eigenvalue weighted by Crippen LogP contribution is 2.31. The summed E-state index contributed by atoms with van der Waals surface area (Å²) in [6.07, 6.45) is 3.91. The molecular formula is C17H21ClN2. The molecule has 20 heavy (non-hydrogen) atoms. The molecular weight excluding hydrogens is 268 g/mol. The van der Waals surface area contributed by atoms with Gasteiger partial charge in [0.25, 0.3) is 0 Å². The van der Waals surface area contributed by atoms with Crippen molar-refractivity contribution in [3.05, 3.63) is 36.0 Å². The zero-order valence-electron chi connectivity index (χ0n) is 12.0. The third-order valence-corrected chi connectivity index (χ3v) is 4.60. The van der Waals surface area contributed by atoms with Crippen LogP contribution in [-0.2, 0) is 5.88 Å². The second-order valence-corrected chi connectivity index (χ2v) is 5.91. The van der Waals surface area contributed by atoms with Gasteiger partial charge in [0.1, 0.15) is 0 Å². The normalized spacial score (nSPS) is 19.5. The fourth-order valence-corrected chi connectivity index (χ4v) is 3.29. The van der Waals surface area contributed by atoms with Gasteiger partial charge in [0.2, 0.25) is 0 Å². The van der Waals surface area contributed by atoms with Gasteiger partial charge in [0.15, 0.2) is 0 Å². The molecule has 0 saturated carbocycles. The van der Waals surface area contributed by atoms with E-state index in [0.29, 0.717) is 5.88 Å². The molecule has 106 valence electrons. The summed E-state index contributed by atoms with van der Waals surface area (Å²) >= 11 is 6.01. The molecule has 1 saturated heterocycles. The number of rotatable bonds is 3. The minimum Gasteiger partial charge on any atom is -0.371 e. The van der Waals surface area contributed by atoms with Crippen LogP contribution < -0.4 is 4.90 Å². The van der Waals surface area contributed by atoms with Crippen molar-refractivity contribution in [2.75, 3.05) is 18.0 Å². The minimum atomic E-state index is 0.475. The lowest BCUT2D eigenvalue weighted by atomic mass is 9.95. The van der Waals surface area contributed by atoms with Crippen molar-refractivity contribution in [2.45, 2.75) is 32.1 Å². The molecule has 0 N–H and O–H groups in total. The van der Waals surface area contributed by atoms with E-state index in [4.69, 9.17) is 11.6 Å². The van der Waals surface area contributed by atoms with Gasteiger partial charge in [-0.15, -0.1) is 11.6 Å². The Kier molecular flexibility index (Phi) is 4.11. The number of benzene rings is 1. The molecule has 1 atom stereocenters. The number of alkyl halides is 1. The summed E-state index contributed by atoms with van der Waals surface area (Å²) in [5, 5.41) is 1.25. The molecule has 1 aromatic carbocycles. The molecule has 0 bridgehead atoms. The third-order valence-electron chi connectivity index (χ3n) is 4.32. The smallest absolute Gasteiger partial charge is 0.0726 e. The summed E-state index contributed by atoms with van der Waals surface area (Å²) in [7, 11) is 0. The number of pyridine rings is 1. The molecule has 0 spiro atoms. The van der Waals surface area contributed by atoms with Gasteiger partial charge in [-0.1, -0.05) is 31.5 Å². The van der Waals surface area contributed by atoms with E-state index >= 15 is 0 Å². The molecule has 3 rings (SSSR count). The molecule has 0 aliphatic carbocycles. The van der Waals surface area contributed by atoms with Crippen LogP contribution in [0, 0.1) is 5.92 Å². The number of fused-ring (bicyclic) bond motifs is 1. The number of nitrogens with zero attached hydrogens (tertiary/aromatic N) is 2. The van der Waals surface area contributed by atoms with Crippen molar-refractivity contribution >= 4 is 28.2 Å². The van der Waals surface area contributed by atoms with Crippen molar-refractivity contribution in [2.24, 2.45) is 5.92 Å². The first-order valence-electron chi connectivity index (χ1n) is 7.51. The van der Waals surface area contributed by atoms with Crippen LogP contribution in [0.2, 0.25) is 0 Å². The summed E-state index contributed by atoms with van der Waals surface area (Å²) in [6, 6.07) is 10.6. The second-order valence-electron chi connectivity index (χ2n) is 5.65. The van der Waals surface area contributed by atoms with Crippen LogP contribution >= 0.6 is 11.6 Å². The number of hydrogen-bond acceptors (Lipinski definition) is 2. The Labute approximate surface area is 125 Å². The van der Waals surface area contributed by atoms with Gasteiger partial charge >= 0.3 is 0 Å². The van der Waals surface area contributed by atoms with E-state index in [0.717, 1.165) is 30.2 Å². The van der Waals surface area contributed by atoms with Crippen molar-refractivity contribution in [1.82, 2.24) is 4.98 Å². The zero-order chi connectivity index (χ0) is 13.9. The summed E-state index contributed by atoms with van der Waals surface area (Å²) < 4.78 is 0. The quantitative estimate of drug-likeness (QED) is 0.767. The monoisotopic (exact) mass is 288 g/mol. The van der Waals surface area contributed by atoms with Gasteiger partial charge in [-0.2, -0.15) is 0 Å². The van der Waals surface area contributed by atoms with Crippen LogP contribution in [0.25, 0.3) is 10.9 Å². The first-order valence-corrected chi connectivity index (χ1v) is 8.05. The van der Waals surface area contributed by atoms with Crippen LogP contribution in [0.15, 0.2) is 30.3 Å². The maximum absolute atomic E-state index is 6.01. The van der Waals surface area contributed by atoms with E-state index in [1.807, 2.05) is 6.07 Å². The van der Waals surface area contributed by atoms with E-state index in [9.17, 15) is 0 Å². The van der Waals surface area contributed by atoms with Crippen molar-refractivity contribution < 1.29 is 0 Å². The van der Waals surface area contributed by atoms with Gasteiger partial charge in [-0.25, -0.2) is 0 Å². The fourth-order valence-electron chi connectivity index (χ4n) is 3.16. The Morgan fingerprint density at radius 1 is 1.35 bits per heavy atom. The fraction of sp³-hybridized carbons (Fsp3) is 0.471. The Morgan fingerprint density at radius 3 is 3.00 bits per heavy atom. The maximum atomic E-state index is 6.01. The summed E-state index contributed by atoms with van der Waals surface area (Å²) in [4.78, 5) is 7.16. The van der Waals surface area contributed by atoms with Gasteiger partial charge in [0.05, 0.1) is 17.1 Å². The van der Waals surface area contributed by atoms with Gasteiger partial charge in [0, 0.05) is 24.2 Å². The molecule has 2 nitrogen and oxygen atoms in total. The van der Waals surface area contributed by atoms with E-state index in [-0.39, 0.29) is 0 Å². The molecule has 3 heteroatoms. The minimum absolute atomic E-state index is 0.475. The molecule has 2 heterocycles. The number of piperidine rings is 1. The molecule has 1 unspecified atom stereocenters. The summed E-state index contributed by atoms with van der Waals surface area (Å²) in [6.45, 7) is 4.60. The third kappa shape index (κ3) is 2.62. The number of para-hydroxylation sites is 1. The van der Waals surface area contributed by atoms with Gasteiger partial charge in [-0.05, 0) is 30.9 Å². The Balaban J connectivity index is 2.04. The molecule has 2 aromatic rings.